The summed E-state index contributed by atoms with van der Waals surface area (Å²) >= 11 is 0. The molecular formula is C18H17N3O2. The molecule has 0 unspecified atom stereocenters. The number of nitrogens with zero attached hydrogens (tertiary/aromatic N) is 2. The molecule has 116 valence electrons. The first-order valence-corrected chi connectivity index (χ1v) is 7.25. The van der Waals surface area contributed by atoms with Crippen LogP contribution in [0, 0.1) is 13.8 Å². The third-order valence-electron chi connectivity index (χ3n) is 3.64. The Hall–Kier alpha value is -3.08. The largest absolute Gasteiger partial charge is 0.515 e. The first-order valence-electron chi connectivity index (χ1n) is 7.25. The number of aliphatic hydroxyl groups excluding tert-OH is 1. The summed E-state index contributed by atoms with van der Waals surface area (Å²) in [7, 11) is 0. The monoisotopic (exact) mass is 307 g/mol. The molecule has 2 N–H and O–H groups in total. The second-order valence-corrected chi connectivity index (χ2v) is 5.43. The van der Waals surface area contributed by atoms with Crippen LogP contribution < -0.4 is 5.32 Å². The summed E-state index contributed by atoms with van der Waals surface area (Å²) in [5.41, 5.74) is 4.65. The van der Waals surface area contributed by atoms with Crippen LogP contribution in [-0.4, -0.2) is 20.8 Å². The lowest BCUT2D eigenvalue weighted by Crippen LogP contribution is -2.09. The minimum absolute atomic E-state index is 0.378. The molecule has 0 fully saturated rings. The highest BCUT2D eigenvalue weighted by Crippen LogP contribution is 2.26. The van der Waals surface area contributed by atoms with Gasteiger partial charge in [0.25, 0.3) is 5.91 Å². The molecule has 0 spiro atoms. The van der Waals surface area contributed by atoms with E-state index in [9.17, 15) is 4.79 Å². The Bertz CT molecular complexity index is 910. The molecule has 0 aliphatic heterocycles. The Morgan fingerprint density at radius 2 is 2.09 bits per heavy atom. The molecule has 3 aromatic rings. The van der Waals surface area contributed by atoms with Crippen molar-refractivity contribution in [1.82, 2.24) is 9.78 Å². The van der Waals surface area contributed by atoms with Crippen LogP contribution >= 0.6 is 0 Å². The van der Waals surface area contributed by atoms with E-state index < -0.39 is 0 Å². The van der Waals surface area contributed by atoms with Gasteiger partial charge in [0.15, 0.2) is 0 Å². The fraction of sp³-hybridized carbons (Fsp3) is 0.111. The average molecular weight is 307 g/mol. The van der Waals surface area contributed by atoms with Gasteiger partial charge in [0, 0.05) is 17.1 Å². The SMILES string of the molecule is Cc1cccc(-n2ncc3cc(C)c(NC(=O)/C=C/O)cc32)c1. The Morgan fingerprint density at radius 1 is 1.26 bits per heavy atom. The number of aryl methyl sites for hydroxylation is 2. The van der Waals surface area contributed by atoms with E-state index in [4.69, 9.17) is 5.11 Å². The van der Waals surface area contributed by atoms with Crippen molar-refractivity contribution in [2.45, 2.75) is 13.8 Å². The number of amides is 1. The summed E-state index contributed by atoms with van der Waals surface area (Å²) in [5.74, 6) is -0.378. The maximum atomic E-state index is 11.7. The third kappa shape index (κ3) is 2.94. The van der Waals surface area contributed by atoms with Gasteiger partial charge >= 0.3 is 0 Å². The molecule has 23 heavy (non-hydrogen) atoms. The first-order chi connectivity index (χ1) is 11.1. The molecule has 0 bridgehead atoms. The molecule has 5 nitrogen and oxygen atoms in total. The van der Waals surface area contributed by atoms with Gasteiger partial charge in [0.05, 0.1) is 23.7 Å². The van der Waals surface area contributed by atoms with Crippen molar-refractivity contribution in [3.8, 4) is 5.69 Å². The highest BCUT2D eigenvalue weighted by Gasteiger charge is 2.10. The zero-order chi connectivity index (χ0) is 16.4. The van der Waals surface area contributed by atoms with Crippen molar-refractivity contribution in [1.29, 1.82) is 0 Å². The van der Waals surface area contributed by atoms with Crippen LogP contribution in [0.4, 0.5) is 5.69 Å². The maximum absolute atomic E-state index is 11.7. The van der Waals surface area contributed by atoms with E-state index in [-0.39, 0.29) is 5.91 Å². The third-order valence-corrected chi connectivity index (χ3v) is 3.64. The number of aromatic nitrogens is 2. The van der Waals surface area contributed by atoms with E-state index in [2.05, 4.69) is 16.5 Å². The Labute approximate surface area is 133 Å². The molecule has 2 aromatic carbocycles. The minimum atomic E-state index is -0.378. The van der Waals surface area contributed by atoms with Gasteiger partial charge in [0.2, 0.25) is 0 Å². The van der Waals surface area contributed by atoms with Gasteiger partial charge < -0.3 is 10.4 Å². The number of rotatable bonds is 3. The van der Waals surface area contributed by atoms with Gasteiger partial charge in [-0.05, 0) is 49.2 Å². The lowest BCUT2D eigenvalue weighted by molar-refractivity contribution is -0.112. The number of carbonyl (C=O) groups is 1. The van der Waals surface area contributed by atoms with Crippen LogP contribution in [0.15, 0.2) is 54.9 Å². The maximum Gasteiger partial charge on any atom is 0.251 e. The van der Waals surface area contributed by atoms with E-state index >= 15 is 0 Å². The van der Waals surface area contributed by atoms with Gasteiger partial charge in [-0.1, -0.05) is 12.1 Å². The Kier molecular flexibility index (Phi) is 3.85. The molecule has 1 aromatic heterocycles. The molecule has 3 rings (SSSR count). The van der Waals surface area contributed by atoms with E-state index in [0.717, 1.165) is 40.1 Å². The summed E-state index contributed by atoms with van der Waals surface area (Å²) in [6.07, 6.45) is 3.60. The van der Waals surface area contributed by atoms with Crippen molar-refractivity contribution < 1.29 is 9.90 Å². The van der Waals surface area contributed by atoms with Crippen LogP contribution in [0.1, 0.15) is 11.1 Å². The predicted octanol–water partition coefficient (Wildman–Crippen LogP) is 3.65. The molecule has 0 saturated carbocycles. The van der Waals surface area contributed by atoms with E-state index in [1.54, 1.807) is 0 Å². The van der Waals surface area contributed by atoms with Gasteiger partial charge in [-0.15, -0.1) is 0 Å². The summed E-state index contributed by atoms with van der Waals surface area (Å²) in [4.78, 5) is 11.7. The van der Waals surface area contributed by atoms with Gasteiger partial charge in [-0.25, -0.2) is 4.68 Å². The first kappa shape index (κ1) is 14.8. The number of anilines is 1. The van der Waals surface area contributed by atoms with Crippen LogP contribution in [0.25, 0.3) is 16.6 Å². The number of carbonyl (C=O) groups excluding carboxylic acids is 1. The highest BCUT2D eigenvalue weighted by molar-refractivity contribution is 6.01. The van der Waals surface area contributed by atoms with Crippen molar-refractivity contribution >= 4 is 22.5 Å². The molecule has 1 heterocycles. The molecule has 0 saturated heterocycles. The van der Waals surface area contributed by atoms with E-state index in [1.165, 1.54) is 0 Å². The van der Waals surface area contributed by atoms with Gasteiger partial charge in [-0.2, -0.15) is 5.10 Å². The molecule has 0 radical (unpaired) electrons. The zero-order valence-electron chi connectivity index (χ0n) is 12.9. The molecular weight excluding hydrogens is 290 g/mol. The van der Waals surface area contributed by atoms with Crippen LogP contribution in [0.3, 0.4) is 0 Å². The lowest BCUT2D eigenvalue weighted by Gasteiger charge is -2.09. The summed E-state index contributed by atoms with van der Waals surface area (Å²) in [6, 6.07) is 11.9. The van der Waals surface area contributed by atoms with Crippen LogP contribution in [0.5, 0.6) is 0 Å². The lowest BCUT2D eigenvalue weighted by atomic mass is 10.1. The van der Waals surface area contributed by atoms with Crippen molar-refractivity contribution in [3.05, 3.63) is 66.1 Å². The quantitative estimate of drug-likeness (QED) is 0.573. The van der Waals surface area contributed by atoms with E-state index in [1.807, 2.05) is 55.1 Å². The number of hydrogen-bond donors (Lipinski definition) is 2. The zero-order valence-corrected chi connectivity index (χ0v) is 12.9. The average Bonchev–Trinajstić information content (AvgIpc) is 2.90. The predicted molar refractivity (Wildman–Crippen MR) is 90.9 cm³/mol. The standard InChI is InChI=1S/C18H17N3O2/c1-12-4-3-5-15(8-12)21-17-10-16(20-18(23)6-7-22)13(2)9-14(17)11-19-21/h3-11,22H,1-2H3,(H,20,23)/b7-6+. The summed E-state index contributed by atoms with van der Waals surface area (Å²) in [5, 5.41) is 16.9. The van der Waals surface area contributed by atoms with Gasteiger partial charge in [0.1, 0.15) is 0 Å². The smallest absolute Gasteiger partial charge is 0.251 e. The fourth-order valence-corrected chi connectivity index (χ4v) is 2.53. The second-order valence-electron chi connectivity index (χ2n) is 5.43. The van der Waals surface area contributed by atoms with Crippen molar-refractivity contribution in [2.24, 2.45) is 0 Å². The van der Waals surface area contributed by atoms with Crippen molar-refractivity contribution in [3.63, 3.8) is 0 Å². The summed E-state index contributed by atoms with van der Waals surface area (Å²) in [6.45, 7) is 3.95. The summed E-state index contributed by atoms with van der Waals surface area (Å²) < 4.78 is 1.85. The molecule has 0 atom stereocenters. The van der Waals surface area contributed by atoms with Crippen LogP contribution in [-0.2, 0) is 4.79 Å². The number of fused-ring (bicyclic) bond motifs is 1. The Balaban J connectivity index is 2.10. The normalized spacial score (nSPS) is 11.2. The number of nitrogens with one attached hydrogen (secondary N) is 1. The number of hydrogen-bond acceptors (Lipinski definition) is 3. The van der Waals surface area contributed by atoms with Crippen LogP contribution in [0.2, 0.25) is 0 Å². The van der Waals surface area contributed by atoms with Crippen molar-refractivity contribution in [2.75, 3.05) is 5.32 Å². The molecule has 0 aliphatic rings. The van der Waals surface area contributed by atoms with E-state index in [0.29, 0.717) is 5.69 Å². The Morgan fingerprint density at radius 3 is 2.83 bits per heavy atom. The number of aliphatic hydroxyl groups is 1. The topological polar surface area (TPSA) is 67.2 Å². The fourth-order valence-electron chi connectivity index (χ4n) is 2.53. The minimum Gasteiger partial charge on any atom is -0.515 e. The van der Waals surface area contributed by atoms with Gasteiger partial charge in [-0.3, -0.25) is 4.79 Å². The number of benzene rings is 2. The molecule has 0 aliphatic carbocycles. The molecule has 5 heteroatoms. The molecule has 1 amide bonds. The highest BCUT2D eigenvalue weighted by atomic mass is 16.2. The second kappa shape index (κ2) is 5.96.